The van der Waals surface area contributed by atoms with Gasteiger partial charge in [0.05, 0.1) is 11.2 Å². The molecule has 0 aliphatic carbocycles. The van der Waals surface area contributed by atoms with E-state index in [1.165, 1.54) is 0 Å². The van der Waals surface area contributed by atoms with Gasteiger partial charge in [0.2, 0.25) is 0 Å². The summed E-state index contributed by atoms with van der Waals surface area (Å²) in [5, 5.41) is 12.4. The van der Waals surface area contributed by atoms with Gasteiger partial charge in [0.25, 0.3) is 5.91 Å². The first kappa shape index (κ1) is 21.1. The monoisotopic (exact) mass is 388 g/mol. The quantitative estimate of drug-likeness (QED) is 0.739. The Morgan fingerprint density at radius 3 is 2.26 bits per heavy atom. The number of rotatable bonds is 7. The standard InChI is InChI=1S/C21H28N2O3S/c1-14-17(27-13-22-14)7-6-12-21(5,19(25)26)23-18(24)15-8-10-16(11-9-15)20(2,3)4/h8-11,13H,6-7,12H2,1-5H3,(H,23,24)(H,25,26). The number of hydrogen-bond donors (Lipinski definition) is 2. The van der Waals surface area contributed by atoms with Crippen molar-refractivity contribution in [2.24, 2.45) is 0 Å². The Hall–Kier alpha value is -2.21. The van der Waals surface area contributed by atoms with Crippen LogP contribution in [0.25, 0.3) is 0 Å². The van der Waals surface area contributed by atoms with Crippen molar-refractivity contribution in [3.05, 3.63) is 51.5 Å². The van der Waals surface area contributed by atoms with E-state index in [1.54, 1.807) is 35.9 Å². The maximum atomic E-state index is 12.6. The average molecular weight is 389 g/mol. The van der Waals surface area contributed by atoms with Gasteiger partial charge < -0.3 is 10.4 Å². The van der Waals surface area contributed by atoms with Crippen molar-refractivity contribution in [2.75, 3.05) is 0 Å². The molecule has 6 heteroatoms. The number of carboxylic acid groups (broad SMARTS) is 1. The zero-order valence-corrected chi connectivity index (χ0v) is 17.4. The smallest absolute Gasteiger partial charge is 0.329 e. The maximum Gasteiger partial charge on any atom is 0.329 e. The lowest BCUT2D eigenvalue weighted by atomic mass is 9.86. The normalized spacial score (nSPS) is 13.8. The molecule has 0 radical (unpaired) electrons. The van der Waals surface area contributed by atoms with Gasteiger partial charge in [0.15, 0.2) is 0 Å². The highest BCUT2D eigenvalue weighted by molar-refractivity contribution is 7.09. The van der Waals surface area contributed by atoms with Gasteiger partial charge >= 0.3 is 5.97 Å². The van der Waals surface area contributed by atoms with Crippen LogP contribution in [0.4, 0.5) is 0 Å². The van der Waals surface area contributed by atoms with E-state index < -0.39 is 11.5 Å². The molecule has 1 unspecified atom stereocenters. The summed E-state index contributed by atoms with van der Waals surface area (Å²) in [7, 11) is 0. The third-order valence-electron chi connectivity index (χ3n) is 4.80. The van der Waals surface area contributed by atoms with E-state index in [-0.39, 0.29) is 11.3 Å². The van der Waals surface area contributed by atoms with Crippen molar-refractivity contribution >= 4 is 23.2 Å². The molecule has 2 N–H and O–H groups in total. The van der Waals surface area contributed by atoms with Crippen LogP contribution in [0.2, 0.25) is 0 Å². The SMILES string of the molecule is Cc1ncsc1CCCC(C)(NC(=O)c1ccc(C(C)(C)C)cc1)C(=O)O. The van der Waals surface area contributed by atoms with Crippen LogP contribution in [0.5, 0.6) is 0 Å². The molecule has 0 saturated heterocycles. The van der Waals surface area contributed by atoms with E-state index in [9.17, 15) is 14.7 Å². The summed E-state index contributed by atoms with van der Waals surface area (Å²) in [6.07, 6.45) is 1.77. The van der Waals surface area contributed by atoms with Crippen molar-refractivity contribution in [3.63, 3.8) is 0 Å². The molecule has 146 valence electrons. The van der Waals surface area contributed by atoms with E-state index >= 15 is 0 Å². The molecule has 0 aliphatic heterocycles. The first-order chi connectivity index (χ1) is 12.5. The number of benzene rings is 1. The van der Waals surface area contributed by atoms with Crippen molar-refractivity contribution < 1.29 is 14.7 Å². The molecule has 5 nitrogen and oxygen atoms in total. The van der Waals surface area contributed by atoms with Crippen molar-refractivity contribution in [1.82, 2.24) is 10.3 Å². The molecule has 1 atom stereocenters. The van der Waals surface area contributed by atoms with Crippen LogP contribution >= 0.6 is 11.3 Å². The highest BCUT2D eigenvalue weighted by Gasteiger charge is 2.34. The Balaban J connectivity index is 2.04. The molecule has 27 heavy (non-hydrogen) atoms. The summed E-state index contributed by atoms with van der Waals surface area (Å²) in [6, 6.07) is 7.33. The summed E-state index contributed by atoms with van der Waals surface area (Å²) in [4.78, 5) is 29.8. The Kier molecular flexibility index (Phi) is 6.42. The topological polar surface area (TPSA) is 79.3 Å². The molecule has 0 bridgehead atoms. The van der Waals surface area contributed by atoms with Crippen LogP contribution < -0.4 is 5.32 Å². The van der Waals surface area contributed by atoms with Crippen LogP contribution in [0, 0.1) is 6.92 Å². The first-order valence-electron chi connectivity index (χ1n) is 9.08. The average Bonchev–Trinajstić information content (AvgIpc) is 2.99. The molecule has 2 aromatic rings. The van der Waals surface area contributed by atoms with Crippen molar-refractivity contribution in [1.29, 1.82) is 0 Å². The zero-order chi connectivity index (χ0) is 20.2. The molecule has 1 aromatic heterocycles. The molecule has 2 rings (SSSR count). The number of amides is 1. The van der Waals surface area contributed by atoms with Crippen LogP contribution in [0.1, 0.15) is 67.0 Å². The van der Waals surface area contributed by atoms with E-state index in [0.717, 1.165) is 22.6 Å². The number of nitrogens with one attached hydrogen (secondary N) is 1. The lowest BCUT2D eigenvalue weighted by molar-refractivity contribution is -0.144. The number of carbonyl (C=O) groups excluding carboxylic acids is 1. The number of hydrogen-bond acceptors (Lipinski definition) is 4. The number of nitrogens with zero attached hydrogens (tertiary/aromatic N) is 1. The Morgan fingerprint density at radius 1 is 1.15 bits per heavy atom. The summed E-state index contributed by atoms with van der Waals surface area (Å²) >= 11 is 1.58. The number of thiazole rings is 1. The molecule has 0 saturated carbocycles. The zero-order valence-electron chi connectivity index (χ0n) is 16.6. The molecular formula is C21H28N2O3S. The maximum absolute atomic E-state index is 12.6. The number of carboxylic acids is 1. The lowest BCUT2D eigenvalue weighted by Gasteiger charge is -2.26. The summed E-state index contributed by atoms with van der Waals surface area (Å²) < 4.78 is 0. The summed E-state index contributed by atoms with van der Waals surface area (Å²) in [5.74, 6) is -1.39. The minimum atomic E-state index is -1.31. The number of carbonyl (C=O) groups is 2. The number of aryl methyl sites for hydroxylation is 2. The molecule has 1 heterocycles. The second kappa shape index (κ2) is 8.21. The molecule has 0 fully saturated rings. The molecule has 0 spiro atoms. The van der Waals surface area contributed by atoms with Crippen LogP contribution in [0.15, 0.2) is 29.8 Å². The lowest BCUT2D eigenvalue weighted by Crippen LogP contribution is -2.52. The molecule has 1 aromatic carbocycles. The van der Waals surface area contributed by atoms with Gasteiger partial charge in [-0.25, -0.2) is 9.78 Å². The fourth-order valence-electron chi connectivity index (χ4n) is 2.84. The fourth-order valence-corrected chi connectivity index (χ4v) is 3.66. The Bertz CT molecular complexity index is 806. The van der Waals surface area contributed by atoms with Gasteiger partial charge in [-0.3, -0.25) is 4.79 Å². The van der Waals surface area contributed by atoms with Gasteiger partial charge in [-0.1, -0.05) is 32.9 Å². The van der Waals surface area contributed by atoms with Gasteiger partial charge in [-0.2, -0.15) is 0 Å². The predicted molar refractivity (Wildman–Crippen MR) is 108 cm³/mol. The van der Waals surface area contributed by atoms with E-state index in [4.69, 9.17) is 0 Å². The molecule has 0 aliphatic rings. The largest absolute Gasteiger partial charge is 0.480 e. The van der Waals surface area contributed by atoms with Crippen LogP contribution in [0.3, 0.4) is 0 Å². The van der Waals surface area contributed by atoms with Gasteiger partial charge in [-0.15, -0.1) is 11.3 Å². The van der Waals surface area contributed by atoms with Gasteiger partial charge in [0, 0.05) is 10.4 Å². The highest BCUT2D eigenvalue weighted by atomic mass is 32.1. The Labute approximate surface area is 164 Å². The van der Waals surface area contributed by atoms with Gasteiger partial charge in [-0.05, 0) is 56.2 Å². The highest BCUT2D eigenvalue weighted by Crippen LogP contribution is 2.23. The fraction of sp³-hybridized carbons (Fsp3) is 0.476. The van der Waals surface area contributed by atoms with Gasteiger partial charge in [0.1, 0.15) is 5.54 Å². The number of aliphatic carboxylic acids is 1. The van der Waals surface area contributed by atoms with E-state index in [1.807, 2.05) is 19.1 Å². The Morgan fingerprint density at radius 2 is 1.78 bits per heavy atom. The van der Waals surface area contributed by atoms with E-state index in [0.29, 0.717) is 18.4 Å². The van der Waals surface area contributed by atoms with Crippen molar-refractivity contribution in [3.8, 4) is 0 Å². The first-order valence-corrected chi connectivity index (χ1v) is 9.96. The second-order valence-corrected chi connectivity index (χ2v) is 9.07. The molecule has 1 amide bonds. The molecular weight excluding hydrogens is 360 g/mol. The van der Waals surface area contributed by atoms with Crippen LogP contribution in [-0.2, 0) is 16.6 Å². The summed E-state index contributed by atoms with van der Waals surface area (Å²) in [6.45, 7) is 9.83. The number of aromatic nitrogens is 1. The van der Waals surface area contributed by atoms with Crippen LogP contribution in [-0.4, -0.2) is 27.5 Å². The third-order valence-corrected chi connectivity index (χ3v) is 5.79. The predicted octanol–water partition coefficient (Wildman–Crippen LogP) is 4.35. The minimum absolute atomic E-state index is 0.000629. The minimum Gasteiger partial charge on any atom is -0.480 e. The van der Waals surface area contributed by atoms with Crippen molar-refractivity contribution in [2.45, 2.75) is 64.8 Å². The third kappa shape index (κ3) is 5.39. The second-order valence-electron chi connectivity index (χ2n) is 8.13. The summed E-state index contributed by atoms with van der Waals surface area (Å²) in [5.41, 5.74) is 3.07. The van der Waals surface area contributed by atoms with E-state index in [2.05, 4.69) is 31.1 Å².